The molecular formula is C20H27BrN6O. The molecule has 0 radical (unpaired) electrons. The van der Waals surface area contributed by atoms with E-state index in [0.29, 0.717) is 19.6 Å². The van der Waals surface area contributed by atoms with Crippen LogP contribution in [0, 0.1) is 0 Å². The van der Waals surface area contributed by atoms with Crippen LogP contribution >= 0.6 is 15.9 Å². The Kier molecular flexibility index (Phi) is 6.61. The first-order valence-corrected chi connectivity index (χ1v) is 10.1. The van der Waals surface area contributed by atoms with Gasteiger partial charge in [-0.25, -0.2) is 0 Å². The van der Waals surface area contributed by atoms with E-state index < -0.39 is 0 Å². The monoisotopic (exact) mass is 446 g/mol. The number of carbonyl (C=O) groups excluding carboxylic acids is 1. The molecular weight excluding hydrogens is 420 g/mol. The summed E-state index contributed by atoms with van der Waals surface area (Å²) in [5.41, 5.74) is 3.45. The van der Waals surface area contributed by atoms with Gasteiger partial charge >= 0.3 is 0 Å². The Labute approximate surface area is 174 Å². The number of aryl methyl sites for hydroxylation is 1. The van der Waals surface area contributed by atoms with Crippen LogP contribution in [0.15, 0.2) is 46.0 Å². The molecule has 0 aliphatic carbocycles. The summed E-state index contributed by atoms with van der Waals surface area (Å²) in [7, 11) is 5.86. The number of amides is 1. The quantitative estimate of drug-likeness (QED) is 0.543. The van der Waals surface area contributed by atoms with Crippen molar-refractivity contribution in [2.24, 2.45) is 12.0 Å². The van der Waals surface area contributed by atoms with E-state index in [0.717, 1.165) is 29.2 Å². The molecule has 3 rings (SSSR count). The maximum atomic E-state index is 11.6. The number of anilines is 1. The van der Waals surface area contributed by atoms with Gasteiger partial charge in [-0.05, 0) is 39.7 Å². The van der Waals surface area contributed by atoms with Crippen molar-refractivity contribution in [3.05, 3.63) is 52.3 Å². The molecule has 8 heteroatoms. The summed E-state index contributed by atoms with van der Waals surface area (Å²) >= 11 is 3.52. The summed E-state index contributed by atoms with van der Waals surface area (Å²) in [6.07, 6.45) is 2.05. The third-order valence-electron chi connectivity index (χ3n) is 4.84. The predicted octanol–water partition coefficient (Wildman–Crippen LogP) is 1.93. The number of aliphatic imine (C=N–C) groups is 1. The van der Waals surface area contributed by atoms with E-state index in [9.17, 15) is 4.79 Å². The molecule has 0 saturated carbocycles. The smallest absolute Gasteiger partial charge is 0.239 e. The summed E-state index contributed by atoms with van der Waals surface area (Å²) in [6, 6.07) is 10.4. The lowest BCUT2D eigenvalue weighted by Crippen LogP contribution is -2.47. The molecule has 1 aromatic carbocycles. The molecule has 150 valence electrons. The van der Waals surface area contributed by atoms with Gasteiger partial charge in [-0.2, -0.15) is 0 Å². The van der Waals surface area contributed by atoms with E-state index >= 15 is 0 Å². The van der Waals surface area contributed by atoms with E-state index in [1.807, 2.05) is 20.3 Å². The topological polar surface area (TPSA) is 64.9 Å². The van der Waals surface area contributed by atoms with Gasteiger partial charge in [-0.1, -0.05) is 12.1 Å². The second kappa shape index (κ2) is 9.14. The molecule has 28 heavy (non-hydrogen) atoms. The highest BCUT2D eigenvalue weighted by molar-refractivity contribution is 9.10. The SMILES string of the molecule is CN=C(NCc1ccc(N2CCNC(=O)C2)cc1)N(C)Cc1cc(Br)cn1C. The Morgan fingerprint density at radius 2 is 2.11 bits per heavy atom. The normalized spacial score (nSPS) is 14.8. The molecule has 2 aromatic rings. The van der Waals surface area contributed by atoms with Crippen molar-refractivity contribution >= 4 is 33.5 Å². The Morgan fingerprint density at radius 3 is 2.71 bits per heavy atom. The van der Waals surface area contributed by atoms with E-state index in [1.165, 1.54) is 11.3 Å². The van der Waals surface area contributed by atoms with Crippen LogP contribution in [0.3, 0.4) is 0 Å². The maximum absolute atomic E-state index is 11.6. The first kappa shape index (κ1) is 20.3. The molecule has 1 aromatic heterocycles. The number of aromatic nitrogens is 1. The fraction of sp³-hybridized carbons (Fsp3) is 0.400. The summed E-state index contributed by atoms with van der Waals surface area (Å²) in [5.74, 6) is 0.920. The maximum Gasteiger partial charge on any atom is 0.239 e. The summed E-state index contributed by atoms with van der Waals surface area (Å²) < 4.78 is 3.18. The van der Waals surface area contributed by atoms with Gasteiger partial charge in [0.15, 0.2) is 5.96 Å². The lowest BCUT2D eigenvalue weighted by atomic mass is 10.2. The first-order chi connectivity index (χ1) is 13.5. The van der Waals surface area contributed by atoms with Crippen molar-refractivity contribution in [2.45, 2.75) is 13.1 Å². The fourth-order valence-electron chi connectivity index (χ4n) is 3.29. The van der Waals surface area contributed by atoms with Crippen molar-refractivity contribution in [3.63, 3.8) is 0 Å². The number of guanidine groups is 1. The summed E-state index contributed by atoms with van der Waals surface area (Å²) in [4.78, 5) is 20.1. The Bertz CT molecular complexity index is 845. The van der Waals surface area contributed by atoms with Crippen LogP contribution in [-0.4, -0.2) is 55.1 Å². The molecule has 0 atom stereocenters. The van der Waals surface area contributed by atoms with Crippen LogP contribution < -0.4 is 15.5 Å². The van der Waals surface area contributed by atoms with Crippen LogP contribution in [0.4, 0.5) is 5.69 Å². The standard InChI is InChI=1S/C20H27BrN6O/c1-22-20(26(3)13-18-10-16(21)12-25(18)2)24-11-15-4-6-17(7-5-15)27-9-8-23-19(28)14-27/h4-7,10,12H,8-9,11,13-14H2,1-3H3,(H,22,24)(H,23,28). The number of nitrogens with zero attached hydrogens (tertiary/aromatic N) is 4. The molecule has 1 aliphatic rings. The number of hydrogen-bond acceptors (Lipinski definition) is 3. The predicted molar refractivity (Wildman–Crippen MR) is 116 cm³/mol. The molecule has 2 heterocycles. The number of carbonyl (C=O) groups is 1. The average molecular weight is 447 g/mol. The van der Waals surface area contributed by atoms with Gasteiger partial charge in [0.2, 0.25) is 5.91 Å². The first-order valence-electron chi connectivity index (χ1n) is 9.29. The Hall–Kier alpha value is -2.48. The van der Waals surface area contributed by atoms with E-state index in [1.54, 1.807) is 7.05 Å². The summed E-state index contributed by atoms with van der Waals surface area (Å²) in [5, 5.41) is 6.27. The minimum atomic E-state index is 0.0779. The van der Waals surface area contributed by atoms with Gasteiger partial charge in [0.05, 0.1) is 13.1 Å². The minimum absolute atomic E-state index is 0.0779. The summed E-state index contributed by atoms with van der Waals surface area (Å²) in [6.45, 7) is 3.41. The second-order valence-corrected chi connectivity index (χ2v) is 7.87. The molecule has 1 aliphatic heterocycles. The van der Waals surface area contributed by atoms with E-state index in [-0.39, 0.29) is 5.91 Å². The third kappa shape index (κ3) is 5.07. The molecule has 1 amide bonds. The third-order valence-corrected chi connectivity index (χ3v) is 5.27. The average Bonchev–Trinajstić information content (AvgIpc) is 2.99. The van der Waals surface area contributed by atoms with Crippen molar-refractivity contribution in [2.75, 3.05) is 38.6 Å². The van der Waals surface area contributed by atoms with Gasteiger partial charge in [-0.15, -0.1) is 0 Å². The van der Waals surface area contributed by atoms with Crippen molar-refractivity contribution in [1.29, 1.82) is 0 Å². The van der Waals surface area contributed by atoms with Crippen molar-refractivity contribution < 1.29 is 4.79 Å². The molecule has 1 fully saturated rings. The van der Waals surface area contributed by atoms with Crippen LogP contribution in [-0.2, 0) is 24.9 Å². The zero-order valence-electron chi connectivity index (χ0n) is 16.6. The second-order valence-electron chi connectivity index (χ2n) is 6.96. The number of halogens is 1. The number of hydrogen-bond donors (Lipinski definition) is 2. The largest absolute Gasteiger partial charge is 0.360 e. The molecule has 1 saturated heterocycles. The van der Waals surface area contributed by atoms with Crippen LogP contribution in [0.1, 0.15) is 11.3 Å². The van der Waals surface area contributed by atoms with E-state index in [4.69, 9.17) is 0 Å². The highest BCUT2D eigenvalue weighted by Gasteiger charge is 2.16. The molecule has 0 spiro atoms. The van der Waals surface area contributed by atoms with Gasteiger partial charge in [0.25, 0.3) is 0 Å². The molecule has 2 N–H and O–H groups in total. The zero-order chi connectivity index (χ0) is 20.1. The van der Waals surface area contributed by atoms with Crippen molar-refractivity contribution in [1.82, 2.24) is 20.1 Å². The fourth-order valence-corrected chi connectivity index (χ4v) is 3.86. The van der Waals surface area contributed by atoms with Gasteiger partial charge in [0, 0.05) is 62.8 Å². The number of piperazine rings is 1. The molecule has 0 unspecified atom stereocenters. The highest BCUT2D eigenvalue weighted by Crippen LogP contribution is 2.17. The minimum Gasteiger partial charge on any atom is -0.360 e. The number of nitrogens with one attached hydrogen (secondary N) is 2. The van der Waals surface area contributed by atoms with Gasteiger partial charge in [-0.3, -0.25) is 9.79 Å². The van der Waals surface area contributed by atoms with Crippen LogP contribution in [0.5, 0.6) is 0 Å². The lowest BCUT2D eigenvalue weighted by molar-refractivity contribution is -0.120. The van der Waals surface area contributed by atoms with Gasteiger partial charge in [0.1, 0.15) is 0 Å². The number of rotatable bonds is 5. The lowest BCUT2D eigenvalue weighted by Gasteiger charge is -2.28. The number of benzene rings is 1. The van der Waals surface area contributed by atoms with Crippen LogP contribution in [0.25, 0.3) is 0 Å². The van der Waals surface area contributed by atoms with Crippen molar-refractivity contribution in [3.8, 4) is 0 Å². The van der Waals surface area contributed by atoms with Gasteiger partial charge < -0.3 is 25.0 Å². The Balaban J connectivity index is 1.56. The zero-order valence-corrected chi connectivity index (χ0v) is 18.2. The molecule has 7 nitrogen and oxygen atoms in total. The van der Waals surface area contributed by atoms with E-state index in [2.05, 4.69) is 76.3 Å². The highest BCUT2D eigenvalue weighted by atomic mass is 79.9. The van der Waals surface area contributed by atoms with Crippen LogP contribution in [0.2, 0.25) is 0 Å². The Morgan fingerprint density at radius 1 is 1.36 bits per heavy atom. The molecule has 0 bridgehead atoms.